The molecule has 0 radical (unpaired) electrons. The molecule has 0 saturated carbocycles. The van der Waals surface area contributed by atoms with Crippen LogP contribution >= 0.6 is 0 Å². The third kappa shape index (κ3) is 10.5. The number of aliphatic imine (C=N–C) groups is 3. The summed E-state index contributed by atoms with van der Waals surface area (Å²) in [4.78, 5) is 16.0. The molecule has 7 aromatic rings. The van der Waals surface area contributed by atoms with Gasteiger partial charge < -0.3 is 0 Å². The Kier molecular flexibility index (Phi) is 13.7. The third-order valence-corrected chi connectivity index (χ3v) is 15.2. The van der Waals surface area contributed by atoms with E-state index < -0.39 is 0 Å². The van der Waals surface area contributed by atoms with Gasteiger partial charge in [-0.25, -0.2) is 9.98 Å². The summed E-state index contributed by atoms with van der Waals surface area (Å²) < 4.78 is 0. The summed E-state index contributed by atoms with van der Waals surface area (Å²) in [5.41, 5.74) is 22.4. The van der Waals surface area contributed by atoms with Crippen molar-refractivity contribution in [2.75, 3.05) is 0 Å². The highest BCUT2D eigenvalue weighted by molar-refractivity contribution is 6.16. The number of rotatable bonds is 11. The fourth-order valence-electron chi connectivity index (χ4n) is 11.1. The quantitative estimate of drug-likeness (QED) is 0.124. The first-order valence-corrected chi connectivity index (χ1v) is 26.6. The fourth-order valence-corrected chi connectivity index (χ4v) is 11.1. The zero-order chi connectivity index (χ0) is 50.3. The van der Waals surface area contributed by atoms with Gasteiger partial charge in [0.15, 0.2) is 5.84 Å². The van der Waals surface area contributed by atoms with Crippen molar-refractivity contribution in [2.45, 2.75) is 51.0 Å². The number of amidine groups is 1. The fraction of sp³-hybridized carbons (Fsp3) is 0.125. The number of benzene rings is 7. The molecule has 5 aliphatic rings. The van der Waals surface area contributed by atoms with Crippen LogP contribution in [-0.2, 0) is 0 Å². The molecule has 12 rings (SSSR count). The van der Waals surface area contributed by atoms with Gasteiger partial charge in [0.25, 0.3) is 0 Å². The molecular formula is C72H59N3. The smallest absolute Gasteiger partial charge is 0.160 e. The number of hydrogen-bond acceptors (Lipinski definition) is 3. The maximum Gasteiger partial charge on any atom is 0.160 e. The minimum absolute atomic E-state index is 0.163. The van der Waals surface area contributed by atoms with E-state index in [1.807, 2.05) is 24.3 Å². The third-order valence-electron chi connectivity index (χ3n) is 15.2. The molecule has 3 nitrogen and oxygen atoms in total. The highest BCUT2D eigenvalue weighted by Crippen LogP contribution is 2.39. The standard InChI is InChI=1S/C72H59N3/c1-50-67(64-34-16-27-57(47-64)52-21-8-3-9-22-52)41-42-69(73-71(50)55-39-37-53(38-40-55)51-19-6-2-7-20-51)65-35-17-32-62(48-65)60-30-14-28-58(45-60)59-29-15-31-61(46-59)63-33-18-36-66(49-63)70-44-43-68(54-23-10-4-11-24-54)74-72(75-70)56-25-12-5-13-26-56/h3-6,8-33,35-43,45,47-49,59,64,69H,2,7,34,44,46H2,1H3. The van der Waals surface area contributed by atoms with Crippen molar-refractivity contribution in [3.8, 4) is 11.1 Å². The van der Waals surface area contributed by atoms with Gasteiger partial charge in [0.1, 0.15) is 0 Å². The monoisotopic (exact) mass is 965 g/mol. The van der Waals surface area contributed by atoms with Crippen LogP contribution in [0.25, 0.3) is 33.5 Å². The van der Waals surface area contributed by atoms with Crippen LogP contribution in [0.1, 0.15) is 101 Å². The number of allylic oxidation sites excluding steroid dienone is 16. The van der Waals surface area contributed by atoms with Gasteiger partial charge in [0.05, 0.1) is 23.2 Å². The Balaban J connectivity index is 0.815. The molecule has 0 spiro atoms. The average molecular weight is 966 g/mol. The molecule has 2 aliphatic heterocycles. The number of hydrogen-bond donors (Lipinski definition) is 0. The summed E-state index contributed by atoms with van der Waals surface area (Å²) in [6.45, 7) is 2.27. The van der Waals surface area contributed by atoms with E-state index in [4.69, 9.17) is 15.0 Å². The topological polar surface area (TPSA) is 37.1 Å². The van der Waals surface area contributed by atoms with E-state index in [0.29, 0.717) is 6.42 Å². The van der Waals surface area contributed by atoms with E-state index in [1.54, 1.807) is 0 Å². The Morgan fingerprint density at radius 3 is 1.87 bits per heavy atom. The maximum atomic E-state index is 5.67. The normalized spacial score (nSPS) is 19.4. The first-order valence-electron chi connectivity index (χ1n) is 26.6. The first kappa shape index (κ1) is 47.2. The summed E-state index contributed by atoms with van der Waals surface area (Å²) in [5.74, 6) is 1.19. The summed E-state index contributed by atoms with van der Waals surface area (Å²) in [6, 6.07) is 67.5. The van der Waals surface area contributed by atoms with Gasteiger partial charge >= 0.3 is 0 Å². The maximum absolute atomic E-state index is 5.67. The van der Waals surface area contributed by atoms with Crippen LogP contribution in [0.15, 0.2) is 287 Å². The Hall–Kier alpha value is -8.79. The molecule has 0 aromatic heterocycles. The molecule has 0 saturated heterocycles. The lowest BCUT2D eigenvalue weighted by atomic mass is 9.83. The van der Waals surface area contributed by atoms with Crippen LogP contribution in [-0.4, -0.2) is 17.3 Å². The summed E-state index contributed by atoms with van der Waals surface area (Å²) in [5, 5.41) is 0. The van der Waals surface area contributed by atoms with Gasteiger partial charge in [-0.05, 0) is 123 Å². The molecular weight excluding hydrogens is 907 g/mol. The molecule has 3 atom stereocenters. The predicted molar refractivity (Wildman–Crippen MR) is 317 cm³/mol. The van der Waals surface area contributed by atoms with E-state index in [0.717, 1.165) is 70.9 Å². The summed E-state index contributed by atoms with van der Waals surface area (Å²) in [7, 11) is 0. The molecule has 2 heterocycles. The average Bonchev–Trinajstić information content (AvgIpc) is 3.84. The predicted octanol–water partition coefficient (Wildman–Crippen LogP) is 18.0. The summed E-state index contributed by atoms with van der Waals surface area (Å²) >= 11 is 0. The molecule has 0 bridgehead atoms. The van der Waals surface area contributed by atoms with Crippen LogP contribution in [0.3, 0.4) is 0 Å². The Bertz CT molecular complexity index is 3660. The SMILES string of the molecule is CC1=C(C2C=C(c3ccccc3)C=CC2)C=CC(c2cccc(-c3cccc(C4C=CC=C(c5cccc(C6=NC(c7ccccc7)=NC(c7ccccc7)=CC6)c5)C4)c3)c2)N=C1c1ccc(C2=CCCC=C2)cc1. The van der Waals surface area contributed by atoms with E-state index in [-0.39, 0.29) is 17.9 Å². The van der Waals surface area contributed by atoms with Crippen LogP contribution in [0.2, 0.25) is 0 Å². The minimum atomic E-state index is -0.163. The Morgan fingerprint density at radius 2 is 1.11 bits per heavy atom. The highest BCUT2D eigenvalue weighted by Gasteiger charge is 2.24. The van der Waals surface area contributed by atoms with E-state index in [2.05, 4.69) is 244 Å². The van der Waals surface area contributed by atoms with E-state index >= 15 is 0 Å². The highest BCUT2D eigenvalue weighted by atomic mass is 14.9. The van der Waals surface area contributed by atoms with Crippen LogP contribution in [0.5, 0.6) is 0 Å². The zero-order valence-corrected chi connectivity index (χ0v) is 42.4. The molecule has 3 heteroatoms. The molecule has 0 fully saturated rings. The van der Waals surface area contributed by atoms with Gasteiger partial charge in [-0.15, -0.1) is 0 Å². The van der Waals surface area contributed by atoms with Gasteiger partial charge in [-0.2, -0.15) is 0 Å². The Morgan fingerprint density at radius 1 is 0.467 bits per heavy atom. The van der Waals surface area contributed by atoms with Crippen molar-refractivity contribution < 1.29 is 0 Å². The molecule has 75 heavy (non-hydrogen) atoms. The lowest BCUT2D eigenvalue weighted by Gasteiger charge is -2.21. The van der Waals surface area contributed by atoms with Gasteiger partial charge in [0, 0.05) is 29.4 Å². The van der Waals surface area contributed by atoms with Crippen molar-refractivity contribution in [2.24, 2.45) is 20.9 Å². The van der Waals surface area contributed by atoms with Crippen molar-refractivity contribution >= 4 is 39.7 Å². The van der Waals surface area contributed by atoms with Crippen molar-refractivity contribution in [3.05, 3.63) is 322 Å². The number of nitrogens with zero attached hydrogens (tertiary/aromatic N) is 3. The van der Waals surface area contributed by atoms with Crippen molar-refractivity contribution in [1.82, 2.24) is 0 Å². The first-order chi connectivity index (χ1) is 37.1. The molecule has 0 amide bonds. The van der Waals surface area contributed by atoms with E-state index in [9.17, 15) is 0 Å². The lowest BCUT2D eigenvalue weighted by Crippen LogP contribution is -2.11. The van der Waals surface area contributed by atoms with E-state index in [1.165, 1.54) is 66.8 Å². The van der Waals surface area contributed by atoms with Crippen molar-refractivity contribution in [1.29, 1.82) is 0 Å². The summed E-state index contributed by atoms with van der Waals surface area (Å²) in [6.07, 6.45) is 32.5. The largest absolute Gasteiger partial charge is 0.272 e. The second-order valence-electron chi connectivity index (χ2n) is 20.0. The van der Waals surface area contributed by atoms with Crippen molar-refractivity contribution in [3.63, 3.8) is 0 Å². The van der Waals surface area contributed by atoms with Crippen LogP contribution < -0.4 is 0 Å². The second kappa shape index (κ2) is 21.7. The molecule has 362 valence electrons. The van der Waals surface area contributed by atoms with Gasteiger partial charge in [0.2, 0.25) is 0 Å². The molecule has 3 aliphatic carbocycles. The zero-order valence-electron chi connectivity index (χ0n) is 42.4. The van der Waals surface area contributed by atoms with Gasteiger partial charge in [-0.3, -0.25) is 4.99 Å². The lowest BCUT2D eigenvalue weighted by molar-refractivity contribution is 0.783. The van der Waals surface area contributed by atoms with Gasteiger partial charge in [-0.1, -0.05) is 249 Å². The van der Waals surface area contributed by atoms with Crippen LogP contribution in [0.4, 0.5) is 0 Å². The second-order valence-corrected chi connectivity index (χ2v) is 20.0. The minimum Gasteiger partial charge on any atom is -0.272 e. The Labute approximate surface area is 442 Å². The van der Waals surface area contributed by atoms with Crippen LogP contribution in [0, 0.1) is 5.92 Å². The molecule has 7 aromatic carbocycles. The molecule has 3 unspecified atom stereocenters. The molecule has 0 N–H and O–H groups in total.